The SMILES string of the molecule is NCc1cnc(OCCC(F)(F)F)c(Cl)c1. The highest BCUT2D eigenvalue weighted by molar-refractivity contribution is 6.31. The molecule has 0 unspecified atom stereocenters. The van der Waals surface area contributed by atoms with Crippen molar-refractivity contribution in [1.29, 1.82) is 0 Å². The van der Waals surface area contributed by atoms with Gasteiger partial charge in [0.2, 0.25) is 5.88 Å². The van der Waals surface area contributed by atoms with Crippen LogP contribution >= 0.6 is 11.6 Å². The molecule has 3 nitrogen and oxygen atoms in total. The molecule has 0 saturated heterocycles. The monoisotopic (exact) mass is 254 g/mol. The quantitative estimate of drug-likeness (QED) is 0.898. The number of hydrogen-bond acceptors (Lipinski definition) is 3. The molecule has 0 aliphatic carbocycles. The summed E-state index contributed by atoms with van der Waals surface area (Å²) in [5, 5.41) is 0.158. The lowest BCUT2D eigenvalue weighted by Gasteiger charge is -2.09. The van der Waals surface area contributed by atoms with E-state index < -0.39 is 19.2 Å². The first-order chi connectivity index (χ1) is 7.42. The first-order valence-corrected chi connectivity index (χ1v) is 4.84. The summed E-state index contributed by atoms with van der Waals surface area (Å²) in [4.78, 5) is 3.77. The summed E-state index contributed by atoms with van der Waals surface area (Å²) in [5.74, 6) is -0.0110. The first kappa shape index (κ1) is 13.1. The molecular formula is C9H10ClF3N2O. The van der Waals surface area contributed by atoms with Crippen molar-refractivity contribution in [3.8, 4) is 5.88 Å². The van der Waals surface area contributed by atoms with Crippen molar-refractivity contribution in [3.05, 3.63) is 22.8 Å². The summed E-state index contributed by atoms with van der Waals surface area (Å²) >= 11 is 5.73. The first-order valence-electron chi connectivity index (χ1n) is 4.46. The molecule has 16 heavy (non-hydrogen) atoms. The van der Waals surface area contributed by atoms with Crippen LogP contribution in [0.15, 0.2) is 12.3 Å². The minimum atomic E-state index is -4.25. The standard InChI is InChI=1S/C9H10ClF3N2O/c10-7-3-6(4-14)5-15-8(7)16-2-1-9(11,12)13/h3,5H,1-2,4,14H2. The summed E-state index contributed by atoms with van der Waals surface area (Å²) in [5.41, 5.74) is 6.03. The predicted octanol–water partition coefficient (Wildman–Crippen LogP) is 2.52. The van der Waals surface area contributed by atoms with Gasteiger partial charge >= 0.3 is 6.18 Å². The van der Waals surface area contributed by atoms with Crippen LogP contribution in [0.1, 0.15) is 12.0 Å². The summed E-state index contributed by atoms with van der Waals surface area (Å²) in [6.45, 7) is -0.242. The van der Waals surface area contributed by atoms with Crippen LogP contribution in [0.25, 0.3) is 0 Å². The summed E-state index contributed by atoms with van der Waals surface area (Å²) < 4.78 is 40.3. The molecule has 0 atom stereocenters. The Balaban J connectivity index is 2.55. The fourth-order valence-electron chi connectivity index (χ4n) is 0.946. The number of hydrogen-bond donors (Lipinski definition) is 1. The Kier molecular flexibility index (Phi) is 4.37. The second-order valence-electron chi connectivity index (χ2n) is 3.05. The molecule has 0 fully saturated rings. The normalized spacial score (nSPS) is 11.6. The van der Waals surface area contributed by atoms with Crippen molar-refractivity contribution in [3.63, 3.8) is 0 Å². The number of pyridine rings is 1. The van der Waals surface area contributed by atoms with Crippen LogP contribution in [0.5, 0.6) is 5.88 Å². The fourth-order valence-corrected chi connectivity index (χ4v) is 1.19. The molecule has 0 spiro atoms. The minimum absolute atomic E-state index is 0.0110. The van der Waals surface area contributed by atoms with Crippen molar-refractivity contribution >= 4 is 11.6 Å². The van der Waals surface area contributed by atoms with Gasteiger partial charge in [0.1, 0.15) is 5.02 Å². The Morgan fingerprint density at radius 3 is 2.62 bits per heavy atom. The van der Waals surface area contributed by atoms with Crippen LogP contribution < -0.4 is 10.5 Å². The molecule has 0 radical (unpaired) electrons. The van der Waals surface area contributed by atoms with E-state index in [4.69, 9.17) is 22.1 Å². The van der Waals surface area contributed by atoms with Gasteiger partial charge in [-0.15, -0.1) is 0 Å². The van der Waals surface area contributed by atoms with E-state index in [1.807, 2.05) is 0 Å². The van der Waals surface area contributed by atoms with Gasteiger partial charge in [0, 0.05) is 12.7 Å². The Morgan fingerprint density at radius 1 is 1.44 bits per heavy atom. The summed E-state index contributed by atoms with van der Waals surface area (Å²) in [6, 6.07) is 1.51. The number of halogens is 4. The third-order valence-corrected chi connectivity index (χ3v) is 1.99. The molecule has 0 bridgehead atoms. The van der Waals surface area contributed by atoms with E-state index in [1.54, 1.807) is 0 Å². The zero-order chi connectivity index (χ0) is 12.2. The molecule has 0 amide bonds. The largest absolute Gasteiger partial charge is 0.476 e. The van der Waals surface area contributed by atoms with Gasteiger partial charge in [-0.2, -0.15) is 13.2 Å². The number of nitrogens with two attached hydrogens (primary N) is 1. The molecule has 1 aromatic heterocycles. The summed E-state index contributed by atoms with van der Waals surface area (Å²) in [7, 11) is 0. The smallest absolute Gasteiger partial charge is 0.392 e. The second kappa shape index (κ2) is 5.36. The number of aromatic nitrogens is 1. The lowest BCUT2D eigenvalue weighted by molar-refractivity contribution is -0.139. The van der Waals surface area contributed by atoms with Crippen molar-refractivity contribution in [2.75, 3.05) is 6.61 Å². The topological polar surface area (TPSA) is 48.1 Å². The second-order valence-corrected chi connectivity index (χ2v) is 3.46. The molecule has 0 saturated carbocycles. The van der Waals surface area contributed by atoms with Crippen molar-refractivity contribution < 1.29 is 17.9 Å². The van der Waals surface area contributed by atoms with E-state index in [2.05, 4.69) is 4.98 Å². The molecule has 1 aromatic rings. The van der Waals surface area contributed by atoms with E-state index in [1.165, 1.54) is 12.3 Å². The van der Waals surface area contributed by atoms with Crippen molar-refractivity contribution in [1.82, 2.24) is 4.98 Å². The van der Waals surface area contributed by atoms with Crippen LogP contribution in [0.4, 0.5) is 13.2 Å². The highest BCUT2D eigenvalue weighted by Gasteiger charge is 2.27. The van der Waals surface area contributed by atoms with E-state index in [0.717, 1.165) is 0 Å². The van der Waals surface area contributed by atoms with Crippen LogP contribution in [-0.4, -0.2) is 17.8 Å². The summed E-state index contributed by atoms with van der Waals surface area (Å²) in [6.07, 6.45) is -3.87. The number of rotatable bonds is 4. The van der Waals surface area contributed by atoms with Gasteiger partial charge in [-0.05, 0) is 11.6 Å². The predicted molar refractivity (Wildman–Crippen MR) is 53.3 cm³/mol. The van der Waals surface area contributed by atoms with E-state index in [-0.39, 0.29) is 17.4 Å². The fraction of sp³-hybridized carbons (Fsp3) is 0.444. The maximum Gasteiger partial charge on any atom is 0.392 e. The molecular weight excluding hydrogens is 245 g/mol. The Bertz CT molecular complexity index is 357. The average Bonchev–Trinajstić information content (AvgIpc) is 2.18. The van der Waals surface area contributed by atoms with E-state index >= 15 is 0 Å². The molecule has 1 rings (SSSR count). The van der Waals surface area contributed by atoms with Gasteiger partial charge in [0.15, 0.2) is 0 Å². The zero-order valence-electron chi connectivity index (χ0n) is 8.22. The number of nitrogens with zero attached hydrogens (tertiary/aromatic N) is 1. The molecule has 2 N–H and O–H groups in total. The lowest BCUT2D eigenvalue weighted by atomic mass is 10.3. The van der Waals surface area contributed by atoms with Gasteiger partial charge in [-0.1, -0.05) is 11.6 Å². The van der Waals surface area contributed by atoms with Gasteiger partial charge < -0.3 is 10.5 Å². The Labute approximate surface area is 95.4 Å². The number of ether oxygens (including phenoxy) is 1. The van der Waals surface area contributed by atoms with Crippen LogP contribution in [0.3, 0.4) is 0 Å². The minimum Gasteiger partial charge on any atom is -0.476 e. The maximum absolute atomic E-state index is 11.8. The third-order valence-electron chi connectivity index (χ3n) is 1.72. The Hall–Kier alpha value is -1.01. The van der Waals surface area contributed by atoms with E-state index in [9.17, 15) is 13.2 Å². The van der Waals surface area contributed by atoms with Crippen LogP contribution in [0, 0.1) is 0 Å². The van der Waals surface area contributed by atoms with Crippen molar-refractivity contribution in [2.45, 2.75) is 19.1 Å². The third kappa shape index (κ3) is 4.24. The molecule has 0 aliphatic rings. The number of alkyl halides is 3. The molecule has 7 heteroatoms. The highest BCUT2D eigenvalue weighted by Crippen LogP contribution is 2.24. The van der Waals surface area contributed by atoms with Gasteiger partial charge in [0.25, 0.3) is 0 Å². The zero-order valence-corrected chi connectivity index (χ0v) is 8.98. The van der Waals surface area contributed by atoms with Gasteiger partial charge in [0.05, 0.1) is 13.0 Å². The highest BCUT2D eigenvalue weighted by atomic mass is 35.5. The van der Waals surface area contributed by atoms with Gasteiger partial charge in [-0.25, -0.2) is 4.98 Å². The van der Waals surface area contributed by atoms with Crippen LogP contribution in [-0.2, 0) is 6.54 Å². The van der Waals surface area contributed by atoms with Crippen molar-refractivity contribution in [2.24, 2.45) is 5.73 Å². The van der Waals surface area contributed by atoms with Crippen LogP contribution in [0.2, 0.25) is 5.02 Å². The van der Waals surface area contributed by atoms with E-state index in [0.29, 0.717) is 5.56 Å². The molecule has 1 heterocycles. The average molecular weight is 255 g/mol. The molecule has 90 valence electrons. The Morgan fingerprint density at radius 2 is 2.12 bits per heavy atom. The molecule has 0 aliphatic heterocycles. The van der Waals surface area contributed by atoms with Gasteiger partial charge in [-0.3, -0.25) is 0 Å². The molecule has 0 aromatic carbocycles. The lowest BCUT2D eigenvalue weighted by Crippen LogP contribution is -2.13. The maximum atomic E-state index is 11.8.